The van der Waals surface area contributed by atoms with Gasteiger partial charge in [-0.25, -0.2) is 9.80 Å². The first-order valence-corrected chi connectivity index (χ1v) is 14.3. The molecule has 2 amide bonds. The molecule has 2 aromatic carbocycles. The summed E-state index contributed by atoms with van der Waals surface area (Å²) in [5.41, 5.74) is 3.08. The number of hydrogen-bond acceptors (Lipinski definition) is 9. The molecule has 2 aliphatic rings. The Bertz CT molecular complexity index is 1120. The van der Waals surface area contributed by atoms with E-state index in [-0.39, 0.29) is 11.8 Å². The zero-order chi connectivity index (χ0) is 26.0. The lowest BCUT2D eigenvalue weighted by Gasteiger charge is -2.25. The van der Waals surface area contributed by atoms with Crippen molar-refractivity contribution in [2.45, 2.75) is 13.0 Å². The summed E-state index contributed by atoms with van der Waals surface area (Å²) in [6.07, 6.45) is 0.331. The Morgan fingerprint density at radius 3 is 2.68 bits per heavy atom. The first-order chi connectivity index (χ1) is 18.1. The third kappa shape index (κ3) is 7.80. The maximum Gasteiger partial charge on any atom is 0.411 e. The minimum atomic E-state index is -0.482. The molecule has 0 aromatic heterocycles. The predicted octanol–water partition coefficient (Wildman–Crippen LogP) is 4.76. The number of nitrogens with one attached hydrogen (secondary N) is 1. The second-order valence-electron chi connectivity index (χ2n) is 8.50. The van der Waals surface area contributed by atoms with Gasteiger partial charge in [0.15, 0.2) is 11.5 Å². The quantitative estimate of drug-likeness (QED) is 0.428. The molecule has 11 heteroatoms. The maximum atomic E-state index is 12.6. The van der Waals surface area contributed by atoms with Gasteiger partial charge in [0.25, 0.3) is 0 Å². The van der Waals surface area contributed by atoms with Crippen LogP contribution in [-0.4, -0.2) is 84.7 Å². The van der Waals surface area contributed by atoms with Crippen molar-refractivity contribution in [3.8, 4) is 11.5 Å². The smallest absolute Gasteiger partial charge is 0.411 e. The number of thioether (sulfide) groups is 2. The van der Waals surface area contributed by atoms with Gasteiger partial charge in [0.05, 0.1) is 33.1 Å². The Balaban J connectivity index is 1.33. The number of rotatable bonds is 10. The van der Waals surface area contributed by atoms with Gasteiger partial charge >= 0.3 is 11.3 Å². The zero-order valence-electron chi connectivity index (χ0n) is 21.1. The van der Waals surface area contributed by atoms with Crippen LogP contribution in [0.4, 0.5) is 15.3 Å². The van der Waals surface area contributed by atoms with E-state index in [0.29, 0.717) is 29.5 Å². The van der Waals surface area contributed by atoms with Crippen LogP contribution in [0.15, 0.2) is 47.6 Å². The average molecular weight is 545 g/mol. The molecule has 0 bridgehead atoms. The summed E-state index contributed by atoms with van der Waals surface area (Å²) in [5.74, 6) is 4.04. The third-order valence-corrected chi connectivity index (χ3v) is 7.78. The predicted molar refractivity (Wildman–Crippen MR) is 149 cm³/mol. The summed E-state index contributed by atoms with van der Waals surface area (Å²) < 4.78 is 16.1. The Morgan fingerprint density at radius 2 is 1.89 bits per heavy atom. The van der Waals surface area contributed by atoms with Crippen molar-refractivity contribution in [2.24, 2.45) is 5.10 Å². The highest BCUT2D eigenvalue weighted by Crippen LogP contribution is 2.30. The van der Waals surface area contributed by atoms with Gasteiger partial charge in [0.2, 0.25) is 0 Å². The lowest BCUT2D eigenvalue weighted by Crippen LogP contribution is -2.34. The lowest BCUT2D eigenvalue weighted by atomic mass is 10.1. The fourth-order valence-corrected chi connectivity index (χ4v) is 5.75. The Kier molecular flexibility index (Phi) is 9.98. The summed E-state index contributed by atoms with van der Waals surface area (Å²) in [6.45, 7) is 3.80. The van der Waals surface area contributed by atoms with Crippen LogP contribution in [0.2, 0.25) is 0 Å². The van der Waals surface area contributed by atoms with Crippen LogP contribution < -0.4 is 14.8 Å². The first kappa shape index (κ1) is 27.2. The molecule has 1 fully saturated rings. The van der Waals surface area contributed by atoms with Crippen molar-refractivity contribution in [1.82, 2.24) is 9.91 Å². The molecule has 198 valence electrons. The molecule has 4 rings (SSSR count). The van der Waals surface area contributed by atoms with Crippen molar-refractivity contribution in [3.05, 3.63) is 53.6 Å². The number of methoxy groups -OCH3 is 2. The molecule has 0 saturated carbocycles. The number of anilines is 1. The van der Waals surface area contributed by atoms with Crippen molar-refractivity contribution >= 4 is 46.3 Å². The van der Waals surface area contributed by atoms with Crippen LogP contribution in [0.25, 0.3) is 0 Å². The first-order valence-electron chi connectivity index (χ1n) is 12.1. The molecule has 0 aliphatic carbocycles. The monoisotopic (exact) mass is 544 g/mol. The molecule has 2 heterocycles. The molecule has 1 N–H and O–H groups in total. The van der Waals surface area contributed by atoms with Crippen LogP contribution in [0, 0.1) is 0 Å². The van der Waals surface area contributed by atoms with Crippen LogP contribution in [0.5, 0.6) is 11.5 Å². The van der Waals surface area contributed by atoms with Crippen molar-refractivity contribution in [3.63, 3.8) is 0 Å². The number of amides is 2. The van der Waals surface area contributed by atoms with Gasteiger partial charge < -0.3 is 19.1 Å². The Hall–Kier alpha value is -2.89. The van der Waals surface area contributed by atoms with Crippen LogP contribution >= 0.6 is 23.5 Å². The topological polar surface area (TPSA) is 92.7 Å². The summed E-state index contributed by atoms with van der Waals surface area (Å²) in [6, 6.07) is 12.9. The largest absolute Gasteiger partial charge is 0.493 e. The Morgan fingerprint density at radius 1 is 1.08 bits per heavy atom. The van der Waals surface area contributed by atoms with E-state index in [1.807, 2.05) is 48.2 Å². The van der Waals surface area contributed by atoms with E-state index in [4.69, 9.17) is 14.2 Å². The third-order valence-electron chi connectivity index (χ3n) is 5.96. The van der Waals surface area contributed by atoms with Crippen LogP contribution in [0.3, 0.4) is 0 Å². The molecule has 2 aromatic rings. The van der Waals surface area contributed by atoms with E-state index in [0.717, 1.165) is 42.9 Å². The van der Waals surface area contributed by atoms with Gasteiger partial charge in [0, 0.05) is 48.1 Å². The van der Waals surface area contributed by atoms with Crippen LogP contribution in [-0.2, 0) is 11.3 Å². The number of ether oxygens (including phenoxy) is 3. The van der Waals surface area contributed by atoms with Gasteiger partial charge in [-0.05, 0) is 42.3 Å². The molecule has 1 saturated heterocycles. The standard InChI is InChI=1S/C26H32N4O5S2/c1-33-23-8-7-20(16-24(23)34-2)22-18-37-26(32)30(28-22)17-19-5-3-6-21(15-19)27-25(31)35-12-4-9-29-10-13-36-14-11-29/h3,5-8,15-16H,4,9-14,17-18H2,1-2H3,(H,27,31). The lowest BCUT2D eigenvalue weighted by molar-refractivity contribution is 0.153. The van der Waals surface area contributed by atoms with Crippen molar-refractivity contribution < 1.29 is 23.8 Å². The molecule has 0 spiro atoms. The number of hydrogen-bond donors (Lipinski definition) is 1. The molecular weight excluding hydrogens is 512 g/mol. The molecular formula is C26H32N4O5S2. The second-order valence-corrected chi connectivity index (χ2v) is 10.6. The highest BCUT2D eigenvalue weighted by molar-refractivity contribution is 8.14. The highest BCUT2D eigenvalue weighted by Gasteiger charge is 2.23. The van der Waals surface area contributed by atoms with E-state index in [1.165, 1.54) is 28.3 Å². The summed E-state index contributed by atoms with van der Waals surface area (Å²) in [7, 11) is 3.17. The Labute approximate surface area is 225 Å². The second kappa shape index (κ2) is 13.6. The average Bonchev–Trinajstić information content (AvgIpc) is 2.92. The normalized spacial score (nSPS) is 16.2. The van der Waals surface area contributed by atoms with Gasteiger partial charge in [0.1, 0.15) is 0 Å². The molecule has 0 unspecified atom stereocenters. The van der Waals surface area contributed by atoms with Crippen molar-refractivity contribution in [2.75, 3.05) is 63.0 Å². The van der Waals surface area contributed by atoms with E-state index in [9.17, 15) is 9.59 Å². The highest BCUT2D eigenvalue weighted by atomic mass is 32.2. The minimum absolute atomic E-state index is 0.130. The fraction of sp³-hybridized carbons (Fsp3) is 0.423. The number of benzene rings is 2. The summed E-state index contributed by atoms with van der Waals surface area (Å²) in [4.78, 5) is 27.2. The van der Waals surface area contributed by atoms with E-state index >= 15 is 0 Å². The fourth-order valence-electron chi connectivity index (χ4n) is 4.03. The number of hydrazone groups is 1. The van der Waals surface area contributed by atoms with Crippen molar-refractivity contribution in [1.29, 1.82) is 0 Å². The summed E-state index contributed by atoms with van der Waals surface area (Å²) >= 11 is 3.18. The van der Waals surface area contributed by atoms with Gasteiger partial charge in [-0.3, -0.25) is 10.1 Å². The van der Waals surface area contributed by atoms with E-state index < -0.39 is 6.09 Å². The van der Waals surface area contributed by atoms with E-state index in [1.54, 1.807) is 20.3 Å². The number of carbonyl (C=O) groups excluding carboxylic acids is 2. The number of nitrogens with zero attached hydrogens (tertiary/aromatic N) is 3. The maximum absolute atomic E-state index is 12.6. The number of carbonyl (C=O) groups is 2. The van der Waals surface area contributed by atoms with Gasteiger partial charge in [-0.2, -0.15) is 16.9 Å². The molecule has 0 atom stereocenters. The van der Waals surface area contributed by atoms with E-state index in [2.05, 4.69) is 15.3 Å². The van der Waals surface area contributed by atoms with Gasteiger partial charge in [-0.15, -0.1) is 0 Å². The molecule has 37 heavy (non-hydrogen) atoms. The molecule has 9 nitrogen and oxygen atoms in total. The SMILES string of the molecule is COc1ccc(C2=NN(Cc3cccc(NC(=O)OCCCN4CCSCC4)c3)C(=O)SC2)cc1OC. The molecule has 2 aliphatic heterocycles. The minimum Gasteiger partial charge on any atom is -0.493 e. The van der Waals surface area contributed by atoms with Gasteiger partial charge in [-0.1, -0.05) is 23.9 Å². The summed E-state index contributed by atoms with van der Waals surface area (Å²) in [5, 5.41) is 8.69. The van der Waals surface area contributed by atoms with Crippen LogP contribution in [0.1, 0.15) is 17.5 Å². The zero-order valence-corrected chi connectivity index (χ0v) is 22.7. The molecule has 0 radical (unpaired) electrons.